The standard InChI is InChI=1S/C16H14N2O/c1-12(19)9-13-5-4-6-14(10-13)15-11-17-16-7-2-3-8-18(15)16/h2-8,10-11H,9H2,1H3. The maximum Gasteiger partial charge on any atom is 0.137 e. The quantitative estimate of drug-likeness (QED) is 0.715. The summed E-state index contributed by atoms with van der Waals surface area (Å²) in [5.41, 5.74) is 4.09. The van der Waals surface area contributed by atoms with Crippen LogP contribution in [0.2, 0.25) is 0 Å². The van der Waals surface area contributed by atoms with Gasteiger partial charge < -0.3 is 0 Å². The summed E-state index contributed by atoms with van der Waals surface area (Å²) < 4.78 is 2.05. The Labute approximate surface area is 111 Å². The number of aromatic nitrogens is 2. The summed E-state index contributed by atoms with van der Waals surface area (Å²) in [4.78, 5) is 15.6. The van der Waals surface area contributed by atoms with Crippen LogP contribution in [-0.4, -0.2) is 15.2 Å². The van der Waals surface area contributed by atoms with Crippen molar-refractivity contribution in [2.24, 2.45) is 0 Å². The maximum atomic E-state index is 11.2. The Hall–Kier alpha value is -2.42. The number of fused-ring (bicyclic) bond motifs is 1. The van der Waals surface area contributed by atoms with Crippen LogP contribution in [0.25, 0.3) is 16.9 Å². The normalized spacial score (nSPS) is 10.8. The Kier molecular flexibility index (Phi) is 2.88. The minimum Gasteiger partial charge on any atom is -0.300 e. The molecule has 2 aromatic heterocycles. The fourth-order valence-corrected chi connectivity index (χ4v) is 2.27. The number of carbonyl (C=O) groups is 1. The van der Waals surface area contributed by atoms with Gasteiger partial charge in [0, 0.05) is 18.2 Å². The number of hydrogen-bond acceptors (Lipinski definition) is 2. The summed E-state index contributed by atoms with van der Waals surface area (Å²) in [6, 6.07) is 14.0. The van der Waals surface area contributed by atoms with Gasteiger partial charge in [-0.3, -0.25) is 9.20 Å². The third-order valence-electron chi connectivity index (χ3n) is 3.09. The average molecular weight is 250 g/mol. The molecule has 94 valence electrons. The van der Waals surface area contributed by atoms with Crippen LogP contribution < -0.4 is 0 Å². The number of carbonyl (C=O) groups excluding carboxylic acids is 1. The van der Waals surface area contributed by atoms with Gasteiger partial charge in [0.15, 0.2) is 0 Å². The Morgan fingerprint density at radius 2 is 2.11 bits per heavy atom. The van der Waals surface area contributed by atoms with Gasteiger partial charge in [-0.1, -0.05) is 24.3 Å². The summed E-state index contributed by atoms with van der Waals surface area (Å²) in [5.74, 6) is 0.176. The highest BCUT2D eigenvalue weighted by molar-refractivity contribution is 5.78. The van der Waals surface area contributed by atoms with Gasteiger partial charge in [0.2, 0.25) is 0 Å². The van der Waals surface area contributed by atoms with Gasteiger partial charge in [0.25, 0.3) is 0 Å². The zero-order valence-electron chi connectivity index (χ0n) is 10.7. The van der Waals surface area contributed by atoms with Crippen molar-refractivity contribution in [3.8, 4) is 11.3 Å². The maximum absolute atomic E-state index is 11.2. The number of pyridine rings is 1. The molecule has 0 atom stereocenters. The molecule has 0 saturated carbocycles. The molecule has 0 bridgehead atoms. The zero-order valence-corrected chi connectivity index (χ0v) is 10.7. The number of Topliss-reactive ketones (excluding diaryl/α,β-unsaturated/α-hetero) is 1. The van der Waals surface area contributed by atoms with E-state index in [1.54, 1.807) is 6.92 Å². The van der Waals surface area contributed by atoms with Gasteiger partial charge in [0.1, 0.15) is 11.4 Å². The van der Waals surface area contributed by atoms with E-state index in [9.17, 15) is 4.79 Å². The second-order valence-electron chi connectivity index (χ2n) is 4.65. The summed E-state index contributed by atoms with van der Waals surface area (Å²) in [7, 11) is 0. The van der Waals surface area contributed by atoms with Crippen LogP contribution >= 0.6 is 0 Å². The second kappa shape index (κ2) is 4.69. The largest absolute Gasteiger partial charge is 0.300 e. The van der Waals surface area contributed by atoms with Gasteiger partial charge in [0.05, 0.1) is 11.9 Å². The van der Waals surface area contributed by atoms with Crippen LogP contribution in [0.4, 0.5) is 0 Å². The second-order valence-corrected chi connectivity index (χ2v) is 4.65. The molecule has 0 aliphatic carbocycles. The van der Waals surface area contributed by atoms with Crippen LogP contribution in [0.5, 0.6) is 0 Å². The van der Waals surface area contributed by atoms with E-state index >= 15 is 0 Å². The van der Waals surface area contributed by atoms with Crippen molar-refractivity contribution < 1.29 is 4.79 Å². The molecule has 19 heavy (non-hydrogen) atoms. The number of rotatable bonds is 3. The molecular formula is C16H14N2O. The third-order valence-corrected chi connectivity index (χ3v) is 3.09. The van der Waals surface area contributed by atoms with Crippen LogP contribution in [0, 0.1) is 0 Å². The molecular weight excluding hydrogens is 236 g/mol. The Bertz CT molecular complexity index is 743. The molecule has 0 saturated heterocycles. The molecule has 3 rings (SSSR count). The molecule has 2 heterocycles. The van der Waals surface area contributed by atoms with E-state index in [0.717, 1.165) is 22.5 Å². The first-order valence-corrected chi connectivity index (χ1v) is 6.25. The first-order chi connectivity index (χ1) is 9.24. The van der Waals surface area contributed by atoms with Crippen LogP contribution in [-0.2, 0) is 11.2 Å². The van der Waals surface area contributed by atoms with E-state index in [0.29, 0.717) is 6.42 Å². The van der Waals surface area contributed by atoms with Crippen molar-refractivity contribution in [1.82, 2.24) is 9.38 Å². The molecule has 3 heteroatoms. The number of ketones is 1. The topological polar surface area (TPSA) is 34.4 Å². The lowest BCUT2D eigenvalue weighted by Crippen LogP contribution is -1.96. The van der Waals surface area contributed by atoms with E-state index in [1.165, 1.54) is 0 Å². The van der Waals surface area contributed by atoms with Gasteiger partial charge in [-0.15, -0.1) is 0 Å². The highest BCUT2D eigenvalue weighted by Gasteiger charge is 2.06. The molecule has 0 spiro atoms. The smallest absolute Gasteiger partial charge is 0.137 e. The highest BCUT2D eigenvalue weighted by atomic mass is 16.1. The van der Waals surface area contributed by atoms with Crippen LogP contribution in [0.1, 0.15) is 12.5 Å². The van der Waals surface area contributed by atoms with Gasteiger partial charge in [-0.2, -0.15) is 0 Å². The van der Waals surface area contributed by atoms with Crippen molar-refractivity contribution in [3.05, 3.63) is 60.4 Å². The molecule has 0 radical (unpaired) electrons. The van der Waals surface area contributed by atoms with Crippen molar-refractivity contribution >= 4 is 11.4 Å². The molecule has 0 aliphatic heterocycles. The predicted octanol–water partition coefficient (Wildman–Crippen LogP) is 3.13. The number of imidazole rings is 1. The minimum atomic E-state index is 0.176. The van der Waals surface area contributed by atoms with Crippen molar-refractivity contribution in [3.63, 3.8) is 0 Å². The fraction of sp³-hybridized carbons (Fsp3) is 0.125. The molecule has 0 aliphatic rings. The molecule has 3 aromatic rings. The highest BCUT2D eigenvalue weighted by Crippen LogP contribution is 2.22. The monoisotopic (exact) mass is 250 g/mol. The summed E-state index contributed by atoms with van der Waals surface area (Å²) >= 11 is 0. The minimum absolute atomic E-state index is 0.176. The molecule has 0 unspecified atom stereocenters. The van der Waals surface area contributed by atoms with Crippen molar-refractivity contribution in [2.75, 3.05) is 0 Å². The van der Waals surface area contributed by atoms with E-state index in [2.05, 4.69) is 11.1 Å². The average Bonchev–Trinajstić information content (AvgIpc) is 2.82. The summed E-state index contributed by atoms with van der Waals surface area (Å²) in [6.07, 6.45) is 4.34. The van der Waals surface area contributed by atoms with Gasteiger partial charge >= 0.3 is 0 Å². The molecule has 0 fully saturated rings. The van der Waals surface area contributed by atoms with E-state index in [-0.39, 0.29) is 5.78 Å². The molecule has 0 N–H and O–H groups in total. The number of hydrogen-bond donors (Lipinski definition) is 0. The predicted molar refractivity (Wildman–Crippen MR) is 75.0 cm³/mol. The number of nitrogens with zero attached hydrogens (tertiary/aromatic N) is 2. The molecule has 3 nitrogen and oxygen atoms in total. The lowest BCUT2D eigenvalue weighted by atomic mass is 10.0. The van der Waals surface area contributed by atoms with Crippen LogP contribution in [0.3, 0.4) is 0 Å². The molecule has 0 amide bonds. The lowest BCUT2D eigenvalue weighted by molar-refractivity contribution is -0.116. The SMILES string of the molecule is CC(=O)Cc1cccc(-c2cnc3ccccn23)c1. The number of benzene rings is 1. The van der Waals surface area contributed by atoms with E-state index in [4.69, 9.17) is 0 Å². The van der Waals surface area contributed by atoms with Crippen molar-refractivity contribution in [1.29, 1.82) is 0 Å². The summed E-state index contributed by atoms with van der Waals surface area (Å²) in [6.45, 7) is 1.61. The Morgan fingerprint density at radius 1 is 1.21 bits per heavy atom. The molecule has 1 aromatic carbocycles. The Morgan fingerprint density at radius 3 is 2.95 bits per heavy atom. The first kappa shape index (κ1) is 11.7. The lowest BCUT2D eigenvalue weighted by Gasteiger charge is -2.04. The zero-order chi connectivity index (χ0) is 13.2. The van der Waals surface area contributed by atoms with Gasteiger partial charge in [-0.25, -0.2) is 4.98 Å². The van der Waals surface area contributed by atoms with E-state index < -0.39 is 0 Å². The third kappa shape index (κ3) is 2.27. The Balaban J connectivity index is 2.09. The van der Waals surface area contributed by atoms with E-state index in [1.807, 2.05) is 53.2 Å². The van der Waals surface area contributed by atoms with Crippen molar-refractivity contribution in [2.45, 2.75) is 13.3 Å². The van der Waals surface area contributed by atoms with Gasteiger partial charge in [-0.05, 0) is 30.7 Å². The van der Waals surface area contributed by atoms with Crippen LogP contribution in [0.15, 0.2) is 54.9 Å². The first-order valence-electron chi connectivity index (χ1n) is 6.25. The fourth-order valence-electron chi connectivity index (χ4n) is 2.27. The summed E-state index contributed by atoms with van der Waals surface area (Å²) in [5, 5.41) is 0.